The minimum absolute atomic E-state index is 0.836. The van der Waals surface area contributed by atoms with Crippen LogP contribution in [0.15, 0.2) is 42.5 Å². The highest BCUT2D eigenvalue weighted by Gasteiger charge is 2.11. The van der Waals surface area contributed by atoms with Crippen LogP contribution in [0.3, 0.4) is 0 Å². The number of aromatic nitrogens is 2. The zero-order valence-electron chi connectivity index (χ0n) is 16.2. The predicted octanol–water partition coefficient (Wildman–Crippen LogP) is 4.16. The van der Waals surface area contributed by atoms with Gasteiger partial charge >= 0.3 is 0 Å². The number of H-pyrrole nitrogens is 1. The first-order valence-corrected chi connectivity index (χ1v) is 9.80. The standard InChI is InChI=1S/C22H28N4O/c1-25(14-15-26-12-4-3-5-13-26)18-8-6-17(7-9-18)22-23-20-11-10-19(27-2)16-21(20)24-22/h6-11,16H,3-5,12-15H2,1-2H3,(H,23,24). The third-order valence-electron chi connectivity index (χ3n) is 5.47. The van der Waals surface area contributed by atoms with Crippen molar-refractivity contribution in [3.8, 4) is 17.1 Å². The molecular formula is C22H28N4O. The molecule has 0 radical (unpaired) electrons. The Kier molecular flexibility index (Phi) is 5.30. The number of likely N-dealkylation sites (N-methyl/N-ethyl adjacent to an activating group) is 1. The van der Waals surface area contributed by atoms with E-state index in [0.29, 0.717) is 0 Å². The van der Waals surface area contributed by atoms with Crippen LogP contribution in [-0.4, -0.2) is 55.2 Å². The second-order valence-electron chi connectivity index (χ2n) is 7.34. The van der Waals surface area contributed by atoms with Crippen molar-refractivity contribution in [2.75, 3.05) is 45.2 Å². The van der Waals surface area contributed by atoms with Crippen LogP contribution in [0.1, 0.15) is 19.3 Å². The van der Waals surface area contributed by atoms with E-state index >= 15 is 0 Å². The van der Waals surface area contributed by atoms with E-state index in [2.05, 4.69) is 46.1 Å². The van der Waals surface area contributed by atoms with Crippen molar-refractivity contribution in [3.05, 3.63) is 42.5 Å². The van der Waals surface area contributed by atoms with Gasteiger partial charge in [-0.05, 0) is 62.3 Å². The molecule has 1 aromatic heterocycles. The molecule has 3 aromatic rings. The van der Waals surface area contributed by atoms with Crippen LogP contribution < -0.4 is 9.64 Å². The number of anilines is 1. The fourth-order valence-corrected chi connectivity index (χ4v) is 3.73. The number of benzene rings is 2. The largest absolute Gasteiger partial charge is 0.497 e. The number of nitrogens with one attached hydrogen (secondary N) is 1. The zero-order valence-corrected chi connectivity index (χ0v) is 16.2. The summed E-state index contributed by atoms with van der Waals surface area (Å²) in [5.41, 5.74) is 4.28. The van der Waals surface area contributed by atoms with Crippen molar-refractivity contribution in [1.29, 1.82) is 0 Å². The van der Waals surface area contributed by atoms with Gasteiger partial charge in [0.1, 0.15) is 11.6 Å². The first kappa shape index (κ1) is 17.9. The van der Waals surface area contributed by atoms with Gasteiger partial charge in [0.05, 0.1) is 18.1 Å². The van der Waals surface area contributed by atoms with Crippen LogP contribution in [0.4, 0.5) is 5.69 Å². The van der Waals surface area contributed by atoms with Gasteiger partial charge in [-0.15, -0.1) is 0 Å². The second kappa shape index (κ2) is 8.01. The molecule has 1 saturated heterocycles. The Hall–Kier alpha value is -2.53. The molecule has 5 nitrogen and oxygen atoms in total. The summed E-state index contributed by atoms with van der Waals surface area (Å²) in [6.07, 6.45) is 4.09. The molecule has 5 heteroatoms. The topological polar surface area (TPSA) is 44.4 Å². The molecule has 1 N–H and O–H groups in total. The summed E-state index contributed by atoms with van der Waals surface area (Å²) < 4.78 is 5.29. The Labute approximate surface area is 161 Å². The molecule has 1 aliphatic rings. The van der Waals surface area contributed by atoms with Gasteiger partial charge < -0.3 is 19.5 Å². The molecule has 0 atom stereocenters. The van der Waals surface area contributed by atoms with Crippen LogP contribution in [0.25, 0.3) is 22.4 Å². The number of imidazole rings is 1. The summed E-state index contributed by atoms with van der Waals surface area (Å²) in [5.74, 6) is 1.73. The number of aromatic amines is 1. The summed E-state index contributed by atoms with van der Waals surface area (Å²) in [5, 5.41) is 0. The van der Waals surface area contributed by atoms with E-state index in [1.165, 1.54) is 38.0 Å². The third-order valence-corrected chi connectivity index (χ3v) is 5.47. The third kappa shape index (κ3) is 4.08. The highest BCUT2D eigenvalue weighted by Crippen LogP contribution is 2.25. The van der Waals surface area contributed by atoms with E-state index in [0.717, 1.165) is 41.3 Å². The molecule has 0 spiro atoms. The van der Waals surface area contributed by atoms with Gasteiger partial charge in [-0.3, -0.25) is 0 Å². The van der Waals surface area contributed by atoms with Gasteiger partial charge in [0.15, 0.2) is 0 Å². The van der Waals surface area contributed by atoms with Crippen LogP contribution in [0, 0.1) is 0 Å². The highest BCUT2D eigenvalue weighted by molar-refractivity contribution is 5.81. The summed E-state index contributed by atoms with van der Waals surface area (Å²) in [6.45, 7) is 4.71. The quantitative estimate of drug-likeness (QED) is 0.713. The van der Waals surface area contributed by atoms with Crippen molar-refractivity contribution in [2.24, 2.45) is 0 Å². The number of hydrogen-bond donors (Lipinski definition) is 1. The van der Waals surface area contributed by atoms with Crippen molar-refractivity contribution >= 4 is 16.7 Å². The Morgan fingerprint density at radius 3 is 2.59 bits per heavy atom. The maximum Gasteiger partial charge on any atom is 0.138 e. The Morgan fingerprint density at radius 1 is 1.07 bits per heavy atom. The average Bonchev–Trinajstić information content (AvgIpc) is 3.16. The Bertz CT molecular complexity index is 881. The lowest BCUT2D eigenvalue weighted by Gasteiger charge is -2.29. The highest BCUT2D eigenvalue weighted by atomic mass is 16.5. The number of piperidine rings is 1. The molecule has 0 amide bonds. The molecule has 0 bridgehead atoms. The SMILES string of the molecule is COc1ccc2nc(-c3ccc(N(C)CCN4CCCCC4)cc3)[nH]c2c1. The number of methoxy groups -OCH3 is 1. The lowest BCUT2D eigenvalue weighted by Crippen LogP contribution is -2.36. The molecular weight excluding hydrogens is 336 g/mol. The molecule has 0 aliphatic carbocycles. The van der Waals surface area contributed by atoms with Crippen molar-refractivity contribution in [2.45, 2.75) is 19.3 Å². The second-order valence-corrected chi connectivity index (χ2v) is 7.34. The van der Waals surface area contributed by atoms with Gasteiger partial charge in [0.2, 0.25) is 0 Å². The number of fused-ring (bicyclic) bond motifs is 1. The van der Waals surface area contributed by atoms with E-state index in [-0.39, 0.29) is 0 Å². The number of nitrogens with zero attached hydrogens (tertiary/aromatic N) is 3. The maximum absolute atomic E-state index is 5.29. The van der Waals surface area contributed by atoms with Crippen LogP contribution in [0.5, 0.6) is 5.75 Å². The van der Waals surface area contributed by atoms with E-state index < -0.39 is 0 Å². The van der Waals surface area contributed by atoms with Gasteiger partial charge in [-0.25, -0.2) is 4.98 Å². The van der Waals surface area contributed by atoms with Gasteiger partial charge in [-0.1, -0.05) is 6.42 Å². The fraction of sp³-hybridized carbons (Fsp3) is 0.409. The molecule has 1 fully saturated rings. The summed E-state index contributed by atoms with van der Waals surface area (Å²) in [6, 6.07) is 14.5. The number of hydrogen-bond acceptors (Lipinski definition) is 4. The first-order valence-electron chi connectivity index (χ1n) is 9.80. The number of rotatable bonds is 6. The fourth-order valence-electron chi connectivity index (χ4n) is 3.73. The van der Waals surface area contributed by atoms with Crippen molar-refractivity contribution in [3.63, 3.8) is 0 Å². The minimum Gasteiger partial charge on any atom is -0.497 e. The molecule has 0 saturated carbocycles. The van der Waals surface area contributed by atoms with E-state index in [1.54, 1.807) is 7.11 Å². The van der Waals surface area contributed by atoms with Crippen LogP contribution in [-0.2, 0) is 0 Å². The lowest BCUT2D eigenvalue weighted by atomic mass is 10.1. The lowest BCUT2D eigenvalue weighted by molar-refractivity contribution is 0.234. The van der Waals surface area contributed by atoms with Crippen molar-refractivity contribution in [1.82, 2.24) is 14.9 Å². The summed E-state index contributed by atoms with van der Waals surface area (Å²) in [7, 11) is 3.85. The molecule has 2 heterocycles. The average molecular weight is 364 g/mol. The zero-order chi connectivity index (χ0) is 18.6. The Morgan fingerprint density at radius 2 is 1.85 bits per heavy atom. The molecule has 1 aliphatic heterocycles. The number of likely N-dealkylation sites (tertiary alicyclic amines) is 1. The molecule has 4 rings (SSSR count). The van der Waals surface area contributed by atoms with Crippen molar-refractivity contribution < 1.29 is 4.74 Å². The minimum atomic E-state index is 0.836. The normalized spacial score (nSPS) is 15.2. The molecule has 2 aromatic carbocycles. The smallest absolute Gasteiger partial charge is 0.138 e. The van der Waals surface area contributed by atoms with E-state index in [4.69, 9.17) is 9.72 Å². The van der Waals surface area contributed by atoms with E-state index in [9.17, 15) is 0 Å². The van der Waals surface area contributed by atoms with Gasteiger partial charge in [0.25, 0.3) is 0 Å². The van der Waals surface area contributed by atoms with Gasteiger partial charge in [0, 0.05) is 37.5 Å². The monoisotopic (exact) mass is 364 g/mol. The molecule has 27 heavy (non-hydrogen) atoms. The predicted molar refractivity (Wildman–Crippen MR) is 112 cm³/mol. The first-order chi connectivity index (χ1) is 13.2. The molecule has 0 unspecified atom stereocenters. The number of ether oxygens (including phenoxy) is 1. The van der Waals surface area contributed by atoms with Crippen LogP contribution in [0.2, 0.25) is 0 Å². The Balaban J connectivity index is 1.43. The van der Waals surface area contributed by atoms with Crippen LogP contribution >= 0.6 is 0 Å². The molecule has 142 valence electrons. The summed E-state index contributed by atoms with van der Waals surface area (Å²) in [4.78, 5) is 13.0. The van der Waals surface area contributed by atoms with E-state index in [1.807, 2.05) is 18.2 Å². The van der Waals surface area contributed by atoms with Gasteiger partial charge in [-0.2, -0.15) is 0 Å². The maximum atomic E-state index is 5.29. The summed E-state index contributed by atoms with van der Waals surface area (Å²) >= 11 is 0.